The fourth-order valence-corrected chi connectivity index (χ4v) is 1.50. The number of pyridine rings is 1. The molecule has 2 atom stereocenters. The Bertz CT molecular complexity index is 288. The molecule has 1 unspecified atom stereocenters. The van der Waals surface area contributed by atoms with Gasteiger partial charge in [-0.25, -0.2) is 0 Å². The van der Waals surface area contributed by atoms with E-state index in [0.29, 0.717) is 0 Å². The van der Waals surface area contributed by atoms with Crippen LogP contribution in [0, 0.1) is 6.92 Å². The molecule has 3 nitrogen and oxygen atoms in total. The van der Waals surface area contributed by atoms with Crippen LogP contribution in [-0.4, -0.2) is 22.7 Å². The average molecular weight is 194 g/mol. The summed E-state index contributed by atoms with van der Waals surface area (Å²) in [6.45, 7) is 6.26. The van der Waals surface area contributed by atoms with Crippen molar-refractivity contribution < 1.29 is 5.11 Å². The van der Waals surface area contributed by atoms with Gasteiger partial charge in [-0.05, 0) is 38.0 Å². The Morgan fingerprint density at radius 3 is 2.79 bits per heavy atom. The Kier molecular flexibility index (Phi) is 4.04. The highest BCUT2D eigenvalue weighted by molar-refractivity contribution is 5.24. The Morgan fingerprint density at radius 1 is 1.50 bits per heavy atom. The van der Waals surface area contributed by atoms with E-state index in [9.17, 15) is 0 Å². The first-order valence-electron chi connectivity index (χ1n) is 4.92. The molecule has 3 heteroatoms. The van der Waals surface area contributed by atoms with Crippen LogP contribution in [0.15, 0.2) is 18.5 Å². The van der Waals surface area contributed by atoms with Gasteiger partial charge in [0.1, 0.15) is 0 Å². The smallest absolute Gasteiger partial charge is 0.0582 e. The molecule has 0 aliphatic carbocycles. The summed E-state index contributed by atoms with van der Waals surface area (Å²) in [5, 5.41) is 12.2. The van der Waals surface area contributed by atoms with Crippen molar-refractivity contribution in [2.45, 2.75) is 32.9 Å². The summed E-state index contributed by atoms with van der Waals surface area (Å²) in [5.74, 6) is 0. The number of aliphatic hydroxyl groups excluding tert-OH is 1. The second kappa shape index (κ2) is 5.08. The van der Waals surface area contributed by atoms with Crippen molar-refractivity contribution in [3.05, 3.63) is 29.6 Å². The van der Waals surface area contributed by atoms with E-state index in [1.165, 1.54) is 11.1 Å². The zero-order valence-corrected chi connectivity index (χ0v) is 8.99. The highest BCUT2D eigenvalue weighted by atomic mass is 16.3. The summed E-state index contributed by atoms with van der Waals surface area (Å²) in [7, 11) is 0. The third-order valence-electron chi connectivity index (χ3n) is 2.35. The normalized spacial score (nSPS) is 15.1. The molecule has 0 radical (unpaired) electrons. The molecule has 0 aliphatic heterocycles. The molecule has 1 aromatic heterocycles. The SMILES string of the molecule is Cc1ccncc1C(C)N[C@@H](C)CO. The third kappa shape index (κ3) is 2.79. The summed E-state index contributed by atoms with van der Waals surface area (Å²) >= 11 is 0. The van der Waals surface area contributed by atoms with Crippen LogP contribution in [-0.2, 0) is 0 Å². The van der Waals surface area contributed by atoms with Gasteiger partial charge in [-0.2, -0.15) is 0 Å². The molecule has 0 saturated carbocycles. The number of hydrogen-bond donors (Lipinski definition) is 2. The van der Waals surface area contributed by atoms with Gasteiger partial charge in [0.2, 0.25) is 0 Å². The maximum atomic E-state index is 8.92. The van der Waals surface area contributed by atoms with Gasteiger partial charge in [0, 0.05) is 24.5 Å². The molecule has 14 heavy (non-hydrogen) atoms. The van der Waals surface area contributed by atoms with Gasteiger partial charge in [-0.3, -0.25) is 4.98 Å². The third-order valence-corrected chi connectivity index (χ3v) is 2.35. The number of aromatic nitrogens is 1. The number of aliphatic hydroxyl groups is 1. The van der Waals surface area contributed by atoms with Gasteiger partial charge in [0.25, 0.3) is 0 Å². The molecule has 1 heterocycles. The Balaban J connectivity index is 2.69. The van der Waals surface area contributed by atoms with Crippen LogP contribution < -0.4 is 5.32 Å². The van der Waals surface area contributed by atoms with Crippen LogP contribution in [0.25, 0.3) is 0 Å². The first-order chi connectivity index (χ1) is 6.65. The second-order valence-electron chi connectivity index (χ2n) is 3.70. The van der Waals surface area contributed by atoms with E-state index in [0.717, 1.165) is 0 Å². The first-order valence-corrected chi connectivity index (χ1v) is 4.92. The molecule has 78 valence electrons. The van der Waals surface area contributed by atoms with Crippen molar-refractivity contribution in [1.82, 2.24) is 10.3 Å². The molecule has 0 amide bonds. The summed E-state index contributed by atoms with van der Waals surface area (Å²) in [6, 6.07) is 2.34. The highest BCUT2D eigenvalue weighted by Crippen LogP contribution is 2.15. The van der Waals surface area contributed by atoms with Crippen molar-refractivity contribution in [2.75, 3.05) is 6.61 Å². The molecule has 0 spiro atoms. The van der Waals surface area contributed by atoms with Crippen LogP contribution in [0.3, 0.4) is 0 Å². The second-order valence-corrected chi connectivity index (χ2v) is 3.70. The monoisotopic (exact) mass is 194 g/mol. The average Bonchev–Trinajstić information content (AvgIpc) is 2.18. The molecular formula is C11H18N2O. The zero-order chi connectivity index (χ0) is 10.6. The van der Waals surface area contributed by atoms with Crippen molar-refractivity contribution in [3.63, 3.8) is 0 Å². The lowest BCUT2D eigenvalue weighted by Gasteiger charge is -2.19. The summed E-state index contributed by atoms with van der Waals surface area (Å²) in [5.41, 5.74) is 2.41. The number of hydrogen-bond acceptors (Lipinski definition) is 3. The van der Waals surface area contributed by atoms with E-state index in [1.54, 1.807) is 6.20 Å². The quantitative estimate of drug-likeness (QED) is 0.762. The van der Waals surface area contributed by atoms with E-state index >= 15 is 0 Å². The number of rotatable bonds is 4. The molecule has 0 fully saturated rings. The van der Waals surface area contributed by atoms with Crippen LogP contribution in [0.2, 0.25) is 0 Å². The van der Waals surface area contributed by atoms with Gasteiger partial charge < -0.3 is 10.4 Å². The lowest BCUT2D eigenvalue weighted by Crippen LogP contribution is -2.32. The molecule has 1 rings (SSSR count). The molecular weight excluding hydrogens is 176 g/mol. The minimum Gasteiger partial charge on any atom is -0.395 e. The Labute approximate surface area is 85.2 Å². The standard InChI is InChI=1S/C11H18N2O/c1-8-4-5-12-6-11(8)10(3)13-9(2)7-14/h4-6,9-10,13-14H,7H2,1-3H3/t9-,10?/m0/s1. The van der Waals surface area contributed by atoms with Crippen molar-refractivity contribution in [3.8, 4) is 0 Å². The predicted molar refractivity (Wildman–Crippen MR) is 57.1 cm³/mol. The summed E-state index contributed by atoms with van der Waals surface area (Å²) in [4.78, 5) is 4.10. The summed E-state index contributed by atoms with van der Waals surface area (Å²) in [6.07, 6.45) is 3.66. The molecule has 2 N–H and O–H groups in total. The van der Waals surface area contributed by atoms with E-state index in [1.807, 2.05) is 19.2 Å². The van der Waals surface area contributed by atoms with E-state index in [-0.39, 0.29) is 18.7 Å². The molecule has 0 saturated heterocycles. The van der Waals surface area contributed by atoms with Gasteiger partial charge in [-0.15, -0.1) is 0 Å². The molecule has 0 aromatic carbocycles. The van der Waals surface area contributed by atoms with Gasteiger partial charge in [-0.1, -0.05) is 0 Å². The van der Waals surface area contributed by atoms with Gasteiger partial charge in [0.05, 0.1) is 6.61 Å². The topological polar surface area (TPSA) is 45.2 Å². The number of nitrogens with one attached hydrogen (secondary N) is 1. The van der Waals surface area contributed by atoms with Crippen LogP contribution in [0.1, 0.15) is 31.0 Å². The first kappa shape index (κ1) is 11.1. The fraction of sp³-hybridized carbons (Fsp3) is 0.545. The van der Waals surface area contributed by atoms with Crippen LogP contribution >= 0.6 is 0 Å². The zero-order valence-electron chi connectivity index (χ0n) is 8.99. The highest BCUT2D eigenvalue weighted by Gasteiger charge is 2.10. The number of nitrogens with zero attached hydrogens (tertiary/aromatic N) is 1. The maximum Gasteiger partial charge on any atom is 0.0582 e. The van der Waals surface area contributed by atoms with Gasteiger partial charge >= 0.3 is 0 Å². The van der Waals surface area contributed by atoms with Crippen molar-refractivity contribution in [2.24, 2.45) is 0 Å². The lowest BCUT2D eigenvalue weighted by molar-refractivity contribution is 0.243. The van der Waals surface area contributed by atoms with E-state index in [2.05, 4.69) is 24.1 Å². The maximum absolute atomic E-state index is 8.92. The largest absolute Gasteiger partial charge is 0.395 e. The minimum absolute atomic E-state index is 0.115. The molecule has 0 aliphatic rings. The van der Waals surface area contributed by atoms with E-state index in [4.69, 9.17) is 5.11 Å². The van der Waals surface area contributed by atoms with Crippen LogP contribution in [0.4, 0.5) is 0 Å². The van der Waals surface area contributed by atoms with Crippen molar-refractivity contribution >= 4 is 0 Å². The Hall–Kier alpha value is -0.930. The molecule has 1 aromatic rings. The van der Waals surface area contributed by atoms with Gasteiger partial charge in [0.15, 0.2) is 0 Å². The van der Waals surface area contributed by atoms with Crippen molar-refractivity contribution in [1.29, 1.82) is 0 Å². The minimum atomic E-state index is 0.115. The number of aryl methyl sites for hydroxylation is 1. The van der Waals surface area contributed by atoms with Crippen LogP contribution in [0.5, 0.6) is 0 Å². The lowest BCUT2D eigenvalue weighted by atomic mass is 10.1. The molecule has 0 bridgehead atoms. The summed E-state index contributed by atoms with van der Waals surface area (Å²) < 4.78 is 0. The van der Waals surface area contributed by atoms with E-state index < -0.39 is 0 Å². The Morgan fingerprint density at radius 2 is 2.21 bits per heavy atom. The fourth-order valence-electron chi connectivity index (χ4n) is 1.50. The predicted octanol–water partition coefficient (Wildman–Crippen LogP) is 1.42.